The number of alkyl halides is 5. The van der Waals surface area contributed by atoms with Crippen LogP contribution in [0.4, 0.5) is 22.0 Å². The van der Waals surface area contributed by atoms with Gasteiger partial charge in [0.05, 0.1) is 0 Å². The fourth-order valence-corrected chi connectivity index (χ4v) is 7.76. The molecule has 14 heteroatoms. The fraction of sp³-hybridized carbons (Fsp3) is 0.933. The lowest BCUT2D eigenvalue weighted by molar-refractivity contribution is -0.140. The lowest BCUT2D eigenvalue weighted by Crippen LogP contribution is -2.60. The molecule has 29 heavy (non-hydrogen) atoms. The van der Waals surface area contributed by atoms with Crippen molar-refractivity contribution in [3.05, 3.63) is 0 Å². The summed E-state index contributed by atoms with van der Waals surface area (Å²) in [6.45, 7) is 1.47. The van der Waals surface area contributed by atoms with E-state index in [-0.39, 0.29) is 4.13 Å². The van der Waals surface area contributed by atoms with E-state index in [0.29, 0.717) is 37.0 Å². The Morgan fingerprint density at radius 2 is 1.31 bits per heavy atom. The van der Waals surface area contributed by atoms with Crippen LogP contribution in [0.3, 0.4) is 0 Å². The van der Waals surface area contributed by atoms with Crippen molar-refractivity contribution in [1.29, 1.82) is 0 Å². The predicted molar refractivity (Wildman–Crippen MR) is 90.2 cm³/mol. The lowest BCUT2D eigenvalue weighted by Gasteiger charge is -2.59. The molecular weight excluding hydrogens is 447 g/mol. The zero-order valence-corrected chi connectivity index (χ0v) is 16.9. The SMILES string of the molecule is CC(NC(=O)C(F)(F)S(=O)(=O)NS(=O)(=O)C(F)(F)F)C12CC3CC(CC(C3)C1)C2. The number of carbonyl (C=O) groups excluding carboxylic acids is 1. The molecule has 2 N–H and O–H groups in total. The second-order valence-corrected chi connectivity index (χ2v) is 12.2. The van der Waals surface area contributed by atoms with Gasteiger partial charge in [-0.25, -0.2) is 16.8 Å². The molecule has 1 atom stereocenters. The van der Waals surface area contributed by atoms with Crippen LogP contribution in [0.15, 0.2) is 0 Å². The van der Waals surface area contributed by atoms with Crippen LogP contribution in [0, 0.1) is 23.2 Å². The first-order valence-electron chi connectivity index (χ1n) is 9.02. The van der Waals surface area contributed by atoms with Crippen LogP contribution in [0.25, 0.3) is 0 Å². The summed E-state index contributed by atoms with van der Waals surface area (Å²) in [5, 5.41) is -3.49. The summed E-state index contributed by atoms with van der Waals surface area (Å²) in [6, 6.07) is -0.844. The average Bonchev–Trinajstić information content (AvgIpc) is 2.51. The molecule has 4 rings (SSSR count). The Morgan fingerprint density at radius 1 is 0.897 bits per heavy atom. The van der Waals surface area contributed by atoms with Crippen molar-refractivity contribution < 1.29 is 43.6 Å². The number of halogens is 5. The van der Waals surface area contributed by atoms with E-state index >= 15 is 0 Å². The predicted octanol–water partition coefficient (Wildman–Crippen LogP) is 2.07. The Labute approximate surface area is 164 Å². The molecule has 0 spiro atoms. The first-order chi connectivity index (χ1) is 13.0. The first kappa shape index (κ1) is 22.7. The van der Waals surface area contributed by atoms with Gasteiger partial charge in [0, 0.05) is 6.04 Å². The van der Waals surface area contributed by atoms with Crippen LogP contribution in [0.5, 0.6) is 0 Å². The zero-order valence-electron chi connectivity index (χ0n) is 15.3. The van der Waals surface area contributed by atoms with Gasteiger partial charge in [-0.2, -0.15) is 22.0 Å². The normalized spacial score (nSPS) is 33.5. The minimum Gasteiger partial charge on any atom is -0.347 e. The molecule has 0 aromatic heterocycles. The Balaban J connectivity index is 1.75. The highest BCUT2D eigenvalue weighted by Gasteiger charge is 2.60. The van der Waals surface area contributed by atoms with Gasteiger partial charge in [-0.1, -0.05) is 4.13 Å². The first-order valence-corrected chi connectivity index (χ1v) is 12.0. The van der Waals surface area contributed by atoms with Gasteiger partial charge in [-0.3, -0.25) is 4.79 Å². The highest BCUT2D eigenvalue weighted by Crippen LogP contribution is 2.61. The van der Waals surface area contributed by atoms with Crippen LogP contribution < -0.4 is 9.44 Å². The summed E-state index contributed by atoms with van der Waals surface area (Å²) < 4.78 is 110. The van der Waals surface area contributed by atoms with Crippen molar-refractivity contribution in [2.45, 2.75) is 62.3 Å². The molecule has 4 bridgehead atoms. The van der Waals surface area contributed by atoms with Gasteiger partial charge >= 0.3 is 36.7 Å². The molecule has 0 aromatic carbocycles. The third-order valence-corrected chi connectivity index (χ3v) is 9.70. The van der Waals surface area contributed by atoms with Gasteiger partial charge in [0.2, 0.25) is 0 Å². The summed E-state index contributed by atoms with van der Waals surface area (Å²) in [5.41, 5.74) is -6.62. The second kappa shape index (κ2) is 6.74. The van der Waals surface area contributed by atoms with Gasteiger partial charge in [0.1, 0.15) is 0 Å². The fourth-order valence-electron chi connectivity index (χ4n) is 5.51. The molecule has 0 aromatic rings. The van der Waals surface area contributed by atoms with E-state index in [0.717, 1.165) is 19.3 Å². The van der Waals surface area contributed by atoms with Gasteiger partial charge in [-0.05, 0) is 68.6 Å². The monoisotopic (exact) mass is 468 g/mol. The minimum atomic E-state index is -6.64. The molecule has 0 saturated heterocycles. The molecule has 0 heterocycles. The molecule has 0 aliphatic heterocycles. The molecule has 0 radical (unpaired) electrons. The third-order valence-electron chi connectivity index (χ3n) is 6.48. The molecule has 4 fully saturated rings. The molecule has 4 saturated carbocycles. The number of amides is 1. The van der Waals surface area contributed by atoms with Gasteiger partial charge in [0.25, 0.3) is 0 Å². The molecule has 1 unspecified atom stereocenters. The Morgan fingerprint density at radius 3 is 1.69 bits per heavy atom. The highest BCUT2D eigenvalue weighted by molar-refractivity contribution is 8.05. The van der Waals surface area contributed by atoms with E-state index in [4.69, 9.17) is 0 Å². The molecule has 4 aliphatic carbocycles. The van der Waals surface area contributed by atoms with E-state index in [1.165, 1.54) is 6.92 Å². The molecule has 7 nitrogen and oxygen atoms in total. The van der Waals surface area contributed by atoms with Crippen molar-refractivity contribution in [3.8, 4) is 0 Å². The largest absolute Gasteiger partial charge is 0.512 e. The van der Waals surface area contributed by atoms with Gasteiger partial charge in [-0.15, -0.1) is 0 Å². The number of carbonyl (C=O) groups is 1. The van der Waals surface area contributed by atoms with Crippen molar-refractivity contribution in [2.24, 2.45) is 23.2 Å². The number of sulfonamides is 2. The van der Waals surface area contributed by atoms with E-state index in [2.05, 4.69) is 0 Å². The molecule has 1 amide bonds. The van der Waals surface area contributed by atoms with Crippen molar-refractivity contribution >= 4 is 26.0 Å². The standard InChI is InChI=1S/C15H21F5N2O5S2/c1-8(13-5-9-2-10(6-13)4-11(3-9)7-13)21-12(23)14(16,17)28(24,25)22-29(26,27)15(18,19)20/h8-11,22H,2-7H2,1H3,(H,21,23). The number of hydrogen-bond donors (Lipinski definition) is 2. The average molecular weight is 468 g/mol. The molecule has 4 aliphatic rings. The van der Waals surface area contributed by atoms with Crippen LogP contribution in [0.1, 0.15) is 45.4 Å². The van der Waals surface area contributed by atoms with Gasteiger partial charge in [0.15, 0.2) is 0 Å². The summed E-state index contributed by atoms with van der Waals surface area (Å²) in [5.74, 6) is -1.14. The van der Waals surface area contributed by atoms with Crippen LogP contribution in [-0.4, -0.2) is 39.5 Å². The summed E-state index contributed by atoms with van der Waals surface area (Å²) in [4.78, 5) is 12.0. The summed E-state index contributed by atoms with van der Waals surface area (Å²) >= 11 is 0. The Bertz CT molecular complexity index is 865. The molecule has 168 valence electrons. The maximum Gasteiger partial charge on any atom is 0.512 e. The van der Waals surface area contributed by atoms with E-state index in [1.54, 1.807) is 0 Å². The maximum absolute atomic E-state index is 14.2. The smallest absolute Gasteiger partial charge is 0.347 e. The minimum absolute atomic E-state index is 0.0890. The summed E-state index contributed by atoms with van der Waals surface area (Å²) in [7, 11) is -13.1. The van der Waals surface area contributed by atoms with Crippen LogP contribution >= 0.6 is 0 Å². The van der Waals surface area contributed by atoms with Crippen molar-refractivity contribution in [3.63, 3.8) is 0 Å². The zero-order chi connectivity index (χ0) is 22.0. The van der Waals surface area contributed by atoms with Gasteiger partial charge < -0.3 is 5.32 Å². The number of rotatable bonds is 6. The maximum atomic E-state index is 14.2. The number of hydrogen-bond acceptors (Lipinski definition) is 5. The quantitative estimate of drug-likeness (QED) is 0.580. The van der Waals surface area contributed by atoms with E-state index in [1.807, 2.05) is 5.32 Å². The van der Waals surface area contributed by atoms with Crippen LogP contribution in [-0.2, 0) is 24.8 Å². The van der Waals surface area contributed by atoms with Crippen LogP contribution in [0.2, 0.25) is 0 Å². The van der Waals surface area contributed by atoms with Crippen molar-refractivity contribution in [2.75, 3.05) is 0 Å². The second-order valence-electron chi connectivity index (χ2n) is 8.53. The summed E-state index contributed by atoms with van der Waals surface area (Å²) in [6.07, 6.45) is 5.18. The van der Waals surface area contributed by atoms with E-state index < -0.39 is 48.2 Å². The topological polar surface area (TPSA) is 109 Å². The Hall–Kier alpha value is -1.02. The van der Waals surface area contributed by atoms with E-state index in [9.17, 15) is 43.6 Å². The lowest BCUT2D eigenvalue weighted by atomic mass is 9.48. The third kappa shape index (κ3) is 3.87. The Kier molecular flexibility index (Phi) is 5.27. The molecular formula is C15H21F5N2O5S2. The number of nitrogens with one attached hydrogen (secondary N) is 2. The van der Waals surface area contributed by atoms with Crippen molar-refractivity contribution in [1.82, 2.24) is 9.44 Å². The highest BCUT2D eigenvalue weighted by atomic mass is 32.3.